The van der Waals surface area contributed by atoms with Crippen molar-refractivity contribution in [2.24, 2.45) is 0 Å². The van der Waals surface area contributed by atoms with Gasteiger partial charge in [-0.2, -0.15) is 0 Å². The summed E-state index contributed by atoms with van der Waals surface area (Å²) in [4.78, 5) is 14.5. The van der Waals surface area contributed by atoms with E-state index in [-0.39, 0.29) is 12.1 Å². The maximum Gasteiger partial charge on any atom is 0.331 e. The predicted molar refractivity (Wildman–Crippen MR) is 61.0 cm³/mol. The number of allylic oxidation sites excluding steroid dienone is 1. The van der Waals surface area contributed by atoms with Gasteiger partial charge in [-0.05, 0) is 6.92 Å². The average Bonchev–Trinajstić information content (AvgIpc) is 2.69. The summed E-state index contributed by atoms with van der Waals surface area (Å²) in [6, 6.07) is 2.05. The lowest BCUT2D eigenvalue weighted by Crippen LogP contribution is -2.00. The summed E-state index contributed by atoms with van der Waals surface area (Å²) in [6.45, 7) is 1.70. The van der Waals surface area contributed by atoms with E-state index >= 15 is 0 Å². The number of carbonyl (C=O) groups is 1. The van der Waals surface area contributed by atoms with Crippen molar-refractivity contribution in [2.75, 3.05) is 0 Å². The number of carboxylic acid groups (broad SMARTS) is 1. The summed E-state index contributed by atoms with van der Waals surface area (Å²) in [5, 5.41) is 8.70. The smallest absolute Gasteiger partial charge is 0.331 e. The van der Waals surface area contributed by atoms with Gasteiger partial charge in [0, 0.05) is 24.3 Å². The fourth-order valence-corrected chi connectivity index (χ4v) is 1.52. The van der Waals surface area contributed by atoms with Crippen LogP contribution in [0.15, 0.2) is 30.1 Å². The first-order chi connectivity index (χ1) is 8.49. The number of nitrogens with zero attached hydrogens (tertiary/aromatic N) is 2. The summed E-state index contributed by atoms with van der Waals surface area (Å²) in [7, 11) is 0. The molecule has 0 spiro atoms. The van der Waals surface area contributed by atoms with Crippen molar-refractivity contribution in [1.82, 2.24) is 9.55 Å². The number of aromatic nitrogens is 2. The van der Waals surface area contributed by atoms with Crippen LogP contribution in [0, 0.1) is 11.6 Å². The molecule has 6 heteroatoms. The largest absolute Gasteiger partial charge is 0.478 e. The summed E-state index contributed by atoms with van der Waals surface area (Å²) >= 11 is 0. The Balaban J connectivity index is 2.38. The van der Waals surface area contributed by atoms with Gasteiger partial charge in [0.05, 0.1) is 17.4 Å². The molecule has 0 saturated carbocycles. The van der Waals surface area contributed by atoms with Gasteiger partial charge in [-0.3, -0.25) is 0 Å². The highest BCUT2D eigenvalue weighted by Gasteiger charge is 2.08. The van der Waals surface area contributed by atoms with Crippen LogP contribution in [-0.2, 0) is 11.3 Å². The molecule has 0 aliphatic rings. The van der Waals surface area contributed by atoms with Crippen LogP contribution in [0.2, 0.25) is 0 Å². The molecule has 0 atom stereocenters. The molecule has 1 aromatic carbocycles. The van der Waals surface area contributed by atoms with Gasteiger partial charge in [-0.15, -0.1) is 0 Å². The number of hydrogen-bond donors (Lipinski definition) is 1. The molecular formula is C12H10F2N2O2. The second-order valence-electron chi connectivity index (χ2n) is 3.84. The minimum absolute atomic E-state index is 0.180. The molecule has 0 aliphatic heterocycles. The lowest BCUT2D eigenvalue weighted by atomic mass is 10.2. The van der Waals surface area contributed by atoms with Crippen molar-refractivity contribution >= 4 is 17.0 Å². The minimum atomic E-state index is -1.02. The quantitative estimate of drug-likeness (QED) is 0.853. The van der Waals surface area contributed by atoms with Crippen LogP contribution >= 0.6 is 0 Å². The maximum atomic E-state index is 13.1. The van der Waals surface area contributed by atoms with Crippen LogP contribution in [0.5, 0.6) is 0 Å². The van der Waals surface area contributed by atoms with Crippen molar-refractivity contribution in [2.45, 2.75) is 13.5 Å². The molecule has 94 valence electrons. The third kappa shape index (κ3) is 2.22. The van der Waals surface area contributed by atoms with Gasteiger partial charge in [0.1, 0.15) is 0 Å². The first-order valence-electron chi connectivity index (χ1n) is 5.19. The molecule has 0 amide bonds. The molecule has 18 heavy (non-hydrogen) atoms. The lowest BCUT2D eigenvalue weighted by molar-refractivity contribution is -0.132. The van der Waals surface area contributed by atoms with Gasteiger partial charge >= 0.3 is 5.97 Å². The van der Waals surface area contributed by atoms with Crippen LogP contribution in [0.1, 0.15) is 6.92 Å². The summed E-state index contributed by atoms with van der Waals surface area (Å²) in [6.07, 6.45) is 2.89. The SMILES string of the molecule is CC(=CCn1cnc2cc(F)c(F)cc21)C(=O)O. The number of fused-ring (bicyclic) bond motifs is 1. The highest BCUT2D eigenvalue weighted by Crippen LogP contribution is 2.17. The molecule has 2 aromatic rings. The fraction of sp³-hybridized carbons (Fsp3) is 0.167. The van der Waals surface area contributed by atoms with Crippen molar-refractivity contribution in [3.8, 4) is 0 Å². The van der Waals surface area contributed by atoms with E-state index in [9.17, 15) is 13.6 Å². The summed E-state index contributed by atoms with van der Waals surface area (Å²) in [5.41, 5.74) is 0.929. The van der Waals surface area contributed by atoms with Crippen molar-refractivity contribution in [3.05, 3.63) is 41.7 Å². The molecule has 2 rings (SSSR count). The summed E-state index contributed by atoms with van der Waals surface area (Å²) in [5.74, 6) is -2.93. The van der Waals surface area contributed by atoms with Gasteiger partial charge in [-0.25, -0.2) is 18.6 Å². The van der Waals surface area contributed by atoms with Crippen molar-refractivity contribution < 1.29 is 18.7 Å². The average molecular weight is 252 g/mol. The molecule has 1 aromatic heterocycles. The van der Waals surface area contributed by atoms with E-state index in [1.54, 1.807) is 4.57 Å². The van der Waals surface area contributed by atoms with Gasteiger partial charge < -0.3 is 9.67 Å². The second-order valence-corrected chi connectivity index (χ2v) is 3.84. The number of halogens is 2. The Morgan fingerprint density at radius 2 is 2.11 bits per heavy atom. The second kappa shape index (κ2) is 4.56. The number of carboxylic acids is 1. The van der Waals surface area contributed by atoms with Crippen LogP contribution in [-0.4, -0.2) is 20.6 Å². The molecule has 0 aliphatic carbocycles. The third-order valence-corrected chi connectivity index (χ3v) is 2.59. The van der Waals surface area contributed by atoms with E-state index in [1.807, 2.05) is 0 Å². The number of rotatable bonds is 3. The van der Waals surface area contributed by atoms with E-state index in [2.05, 4.69) is 4.98 Å². The molecular weight excluding hydrogens is 242 g/mol. The Morgan fingerprint density at radius 3 is 2.78 bits per heavy atom. The Kier molecular flexibility index (Phi) is 3.10. The van der Waals surface area contributed by atoms with E-state index in [0.29, 0.717) is 11.0 Å². The van der Waals surface area contributed by atoms with Crippen LogP contribution < -0.4 is 0 Å². The Hall–Kier alpha value is -2.24. The number of benzene rings is 1. The van der Waals surface area contributed by atoms with Gasteiger partial charge in [-0.1, -0.05) is 6.08 Å². The molecule has 0 saturated heterocycles. The molecule has 1 N–H and O–H groups in total. The molecule has 0 unspecified atom stereocenters. The zero-order valence-electron chi connectivity index (χ0n) is 9.52. The number of hydrogen-bond acceptors (Lipinski definition) is 2. The molecule has 0 radical (unpaired) electrons. The lowest BCUT2D eigenvalue weighted by Gasteiger charge is -2.01. The monoisotopic (exact) mass is 252 g/mol. The maximum absolute atomic E-state index is 13.1. The van der Waals surface area contributed by atoms with E-state index in [4.69, 9.17) is 5.11 Å². The molecule has 0 fully saturated rings. The Bertz CT molecular complexity index is 647. The van der Waals surface area contributed by atoms with Crippen LogP contribution in [0.25, 0.3) is 11.0 Å². The highest BCUT2D eigenvalue weighted by molar-refractivity contribution is 5.85. The van der Waals surface area contributed by atoms with Crippen LogP contribution in [0.3, 0.4) is 0 Å². The normalized spacial score (nSPS) is 12.1. The minimum Gasteiger partial charge on any atom is -0.478 e. The first kappa shape index (κ1) is 12.2. The van der Waals surface area contributed by atoms with Crippen molar-refractivity contribution in [1.29, 1.82) is 0 Å². The van der Waals surface area contributed by atoms with Gasteiger partial charge in [0.15, 0.2) is 11.6 Å². The predicted octanol–water partition coefficient (Wildman–Crippen LogP) is 2.35. The molecule has 4 nitrogen and oxygen atoms in total. The zero-order valence-corrected chi connectivity index (χ0v) is 9.52. The van der Waals surface area contributed by atoms with E-state index in [0.717, 1.165) is 12.1 Å². The molecule has 0 bridgehead atoms. The standard InChI is InChI=1S/C12H10F2N2O2/c1-7(12(17)18)2-3-16-6-15-10-4-8(13)9(14)5-11(10)16/h2,4-6H,3H2,1H3,(H,17,18). The summed E-state index contributed by atoms with van der Waals surface area (Å²) < 4.78 is 27.6. The van der Waals surface area contributed by atoms with Gasteiger partial charge in [0.25, 0.3) is 0 Å². The fourth-order valence-electron chi connectivity index (χ4n) is 1.52. The Morgan fingerprint density at radius 1 is 1.44 bits per heavy atom. The number of imidazole rings is 1. The van der Waals surface area contributed by atoms with E-state index < -0.39 is 17.6 Å². The molecule has 1 heterocycles. The van der Waals surface area contributed by atoms with Gasteiger partial charge in [0.2, 0.25) is 0 Å². The highest BCUT2D eigenvalue weighted by atomic mass is 19.2. The number of aliphatic carboxylic acids is 1. The zero-order chi connectivity index (χ0) is 13.3. The topological polar surface area (TPSA) is 55.1 Å². The third-order valence-electron chi connectivity index (χ3n) is 2.59. The Labute approximate surface area is 101 Å². The van der Waals surface area contributed by atoms with E-state index in [1.165, 1.54) is 19.3 Å². The van der Waals surface area contributed by atoms with Crippen LogP contribution in [0.4, 0.5) is 8.78 Å². The van der Waals surface area contributed by atoms with Crippen molar-refractivity contribution in [3.63, 3.8) is 0 Å². The first-order valence-corrected chi connectivity index (χ1v) is 5.19.